The van der Waals surface area contributed by atoms with Crippen molar-refractivity contribution in [3.05, 3.63) is 54.0 Å². The van der Waals surface area contributed by atoms with Crippen LogP contribution in [0.15, 0.2) is 42.9 Å². The number of carbonyl (C=O) groups excluding carboxylic acids is 2. The number of cyclic esters (lactones) is 1. The Labute approximate surface area is 133 Å². The van der Waals surface area contributed by atoms with Crippen molar-refractivity contribution < 1.29 is 14.3 Å². The van der Waals surface area contributed by atoms with Crippen LogP contribution < -0.4 is 10.6 Å². The van der Waals surface area contributed by atoms with Crippen LogP contribution in [0, 0.1) is 0 Å². The number of anilines is 1. The molecule has 0 radical (unpaired) electrons. The van der Waals surface area contributed by atoms with Gasteiger partial charge in [0.25, 0.3) is 5.91 Å². The number of nitrogens with zero attached hydrogens (tertiary/aromatic N) is 2. The van der Waals surface area contributed by atoms with Crippen molar-refractivity contribution in [2.45, 2.75) is 12.5 Å². The Hall–Kier alpha value is -2.96. The lowest BCUT2D eigenvalue weighted by atomic mass is 9.98. The zero-order valence-electron chi connectivity index (χ0n) is 12.4. The van der Waals surface area contributed by atoms with E-state index in [0.717, 1.165) is 5.56 Å². The molecule has 7 nitrogen and oxygen atoms in total. The summed E-state index contributed by atoms with van der Waals surface area (Å²) in [6, 6.07) is 7.16. The molecule has 118 valence electrons. The second-order valence-electron chi connectivity index (χ2n) is 5.06. The average Bonchev–Trinajstić information content (AvgIpc) is 2.59. The Morgan fingerprint density at radius 1 is 1.26 bits per heavy atom. The number of hydrogen-bond acceptors (Lipinski definition) is 6. The van der Waals surface area contributed by atoms with Crippen LogP contribution >= 0.6 is 0 Å². The Balaban J connectivity index is 1.49. The number of carbonyl (C=O) groups is 2. The second-order valence-corrected chi connectivity index (χ2v) is 5.06. The van der Waals surface area contributed by atoms with Crippen molar-refractivity contribution in [3.8, 4) is 0 Å². The van der Waals surface area contributed by atoms with Gasteiger partial charge in [0.05, 0.1) is 11.8 Å². The van der Waals surface area contributed by atoms with Gasteiger partial charge in [0, 0.05) is 31.9 Å². The number of fused-ring (bicyclic) bond motifs is 1. The van der Waals surface area contributed by atoms with E-state index in [1.54, 1.807) is 30.7 Å². The molecule has 0 fully saturated rings. The summed E-state index contributed by atoms with van der Waals surface area (Å²) in [5, 5.41) is 5.78. The molecule has 1 aliphatic rings. The summed E-state index contributed by atoms with van der Waals surface area (Å²) in [4.78, 5) is 32.0. The molecular weight excluding hydrogens is 296 g/mol. The van der Waals surface area contributed by atoms with Crippen LogP contribution in [0.5, 0.6) is 0 Å². The van der Waals surface area contributed by atoms with Gasteiger partial charge in [-0.25, -0.2) is 9.78 Å². The molecule has 2 aromatic rings. The third-order valence-electron chi connectivity index (χ3n) is 3.48. The number of nitrogens with one attached hydrogen (secondary N) is 2. The number of benzene rings is 1. The van der Waals surface area contributed by atoms with Gasteiger partial charge < -0.3 is 15.4 Å². The molecule has 0 unspecified atom stereocenters. The molecule has 1 aliphatic heterocycles. The molecule has 1 amide bonds. The van der Waals surface area contributed by atoms with Gasteiger partial charge in [-0.3, -0.25) is 9.78 Å². The largest absolute Gasteiger partial charge is 0.448 e. The molecule has 1 aromatic carbocycles. The predicted octanol–water partition coefficient (Wildman–Crippen LogP) is 0.786. The molecule has 0 saturated carbocycles. The average molecular weight is 312 g/mol. The first-order chi connectivity index (χ1) is 11.2. The van der Waals surface area contributed by atoms with Crippen molar-refractivity contribution in [2.24, 2.45) is 0 Å². The van der Waals surface area contributed by atoms with Crippen molar-refractivity contribution in [1.82, 2.24) is 15.3 Å². The summed E-state index contributed by atoms with van der Waals surface area (Å²) in [6.07, 6.45) is 4.38. The van der Waals surface area contributed by atoms with Crippen LogP contribution in [0.25, 0.3) is 0 Å². The van der Waals surface area contributed by atoms with Crippen molar-refractivity contribution in [1.29, 1.82) is 0 Å². The first-order valence-electron chi connectivity index (χ1n) is 7.30. The highest BCUT2D eigenvalue weighted by Gasteiger charge is 2.30. The monoisotopic (exact) mass is 312 g/mol. The quantitative estimate of drug-likeness (QED) is 0.626. The summed E-state index contributed by atoms with van der Waals surface area (Å²) in [7, 11) is 0. The fraction of sp³-hybridized carbons (Fsp3) is 0.250. The molecule has 2 heterocycles. The lowest BCUT2D eigenvalue weighted by Gasteiger charge is -2.23. The summed E-state index contributed by atoms with van der Waals surface area (Å²) in [5.41, 5.74) is 1.36. The molecule has 0 saturated heterocycles. The molecule has 2 N–H and O–H groups in total. The Morgan fingerprint density at radius 2 is 2.13 bits per heavy atom. The number of esters is 1. The van der Waals surface area contributed by atoms with E-state index in [1.807, 2.05) is 12.1 Å². The molecule has 1 aromatic heterocycles. The smallest absolute Gasteiger partial charge is 0.339 e. The fourth-order valence-corrected chi connectivity index (χ4v) is 2.36. The maximum Gasteiger partial charge on any atom is 0.339 e. The first kappa shape index (κ1) is 15.0. The minimum Gasteiger partial charge on any atom is -0.448 e. The summed E-state index contributed by atoms with van der Waals surface area (Å²) >= 11 is 0. The molecule has 23 heavy (non-hydrogen) atoms. The zero-order chi connectivity index (χ0) is 16.1. The molecule has 0 aliphatic carbocycles. The number of rotatable bonds is 5. The summed E-state index contributed by atoms with van der Waals surface area (Å²) in [5.74, 6) is -0.113. The van der Waals surface area contributed by atoms with Gasteiger partial charge in [-0.2, -0.15) is 0 Å². The lowest BCUT2D eigenvalue weighted by molar-refractivity contribution is -0.130. The normalized spacial score (nSPS) is 16.2. The van der Waals surface area contributed by atoms with Crippen LogP contribution in [-0.2, 0) is 16.0 Å². The van der Waals surface area contributed by atoms with E-state index in [2.05, 4.69) is 20.6 Å². The van der Waals surface area contributed by atoms with Crippen LogP contribution in [0.1, 0.15) is 15.9 Å². The van der Waals surface area contributed by atoms with Crippen molar-refractivity contribution in [3.63, 3.8) is 0 Å². The van der Waals surface area contributed by atoms with Crippen LogP contribution in [-0.4, -0.2) is 41.0 Å². The maximum atomic E-state index is 12.1. The van der Waals surface area contributed by atoms with E-state index in [9.17, 15) is 9.59 Å². The number of aromatic nitrogens is 2. The van der Waals surface area contributed by atoms with Gasteiger partial charge in [0.2, 0.25) is 0 Å². The first-order valence-corrected chi connectivity index (χ1v) is 7.30. The van der Waals surface area contributed by atoms with Gasteiger partial charge in [0.15, 0.2) is 6.10 Å². The molecule has 7 heteroatoms. The van der Waals surface area contributed by atoms with Crippen LogP contribution in [0.3, 0.4) is 0 Å². The molecule has 1 atom stereocenters. The van der Waals surface area contributed by atoms with Crippen molar-refractivity contribution in [2.75, 3.05) is 18.4 Å². The summed E-state index contributed by atoms with van der Waals surface area (Å²) < 4.78 is 5.20. The fourth-order valence-electron chi connectivity index (χ4n) is 2.36. The number of hydrogen-bond donors (Lipinski definition) is 2. The zero-order valence-corrected chi connectivity index (χ0v) is 12.4. The van der Waals surface area contributed by atoms with E-state index in [1.165, 1.54) is 0 Å². The molecule has 0 bridgehead atoms. The van der Waals surface area contributed by atoms with Crippen molar-refractivity contribution >= 4 is 17.7 Å². The van der Waals surface area contributed by atoms with Gasteiger partial charge in [-0.15, -0.1) is 0 Å². The minimum absolute atomic E-state index is 0.297. The number of amides is 1. The van der Waals surface area contributed by atoms with Gasteiger partial charge in [-0.1, -0.05) is 18.2 Å². The Bertz CT molecular complexity index is 705. The highest BCUT2D eigenvalue weighted by molar-refractivity contribution is 5.95. The SMILES string of the molecule is O=C1O[C@H](C(=O)NCCNc2cnccn2)Cc2ccccc21. The maximum absolute atomic E-state index is 12.1. The van der Waals surface area contributed by atoms with Crippen LogP contribution in [0.2, 0.25) is 0 Å². The standard InChI is InChI=1S/C16H16N4O3/c21-15(20-8-7-19-14-10-17-5-6-18-14)13-9-11-3-1-2-4-12(11)16(22)23-13/h1-6,10,13H,7-9H2,(H,18,19)(H,20,21)/t13-/m0/s1. The predicted molar refractivity (Wildman–Crippen MR) is 82.9 cm³/mol. The minimum atomic E-state index is -0.783. The van der Waals surface area contributed by atoms with E-state index in [4.69, 9.17) is 4.74 Å². The van der Waals surface area contributed by atoms with Gasteiger partial charge >= 0.3 is 5.97 Å². The third kappa shape index (κ3) is 3.63. The van der Waals surface area contributed by atoms with E-state index in [0.29, 0.717) is 30.9 Å². The summed E-state index contributed by atoms with van der Waals surface area (Å²) in [6.45, 7) is 0.896. The number of ether oxygens (including phenoxy) is 1. The highest BCUT2D eigenvalue weighted by Crippen LogP contribution is 2.20. The van der Waals surface area contributed by atoms with E-state index < -0.39 is 12.1 Å². The Kier molecular flexibility index (Phi) is 4.46. The van der Waals surface area contributed by atoms with Gasteiger partial charge in [-0.05, 0) is 11.6 Å². The van der Waals surface area contributed by atoms with E-state index in [-0.39, 0.29) is 5.91 Å². The molecular formula is C16H16N4O3. The Morgan fingerprint density at radius 3 is 2.96 bits per heavy atom. The lowest BCUT2D eigenvalue weighted by Crippen LogP contribution is -2.43. The van der Waals surface area contributed by atoms with Gasteiger partial charge in [0.1, 0.15) is 5.82 Å². The second kappa shape index (κ2) is 6.87. The van der Waals surface area contributed by atoms with E-state index >= 15 is 0 Å². The van der Waals surface area contributed by atoms with Crippen LogP contribution in [0.4, 0.5) is 5.82 Å². The third-order valence-corrected chi connectivity index (χ3v) is 3.48. The topological polar surface area (TPSA) is 93.2 Å². The molecule has 0 spiro atoms. The highest BCUT2D eigenvalue weighted by atomic mass is 16.5. The molecule has 3 rings (SSSR count).